The van der Waals surface area contributed by atoms with E-state index in [9.17, 15) is 14.9 Å². The molecule has 2 atom stereocenters. The van der Waals surface area contributed by atoms with Crippen LogP contribution in [0.3, 0.4) is 0 Å². The van der Waals surface area contributed by atoms with Crippen LogP contribution in [0.25, 0.3) is 0 Å². The lowest BCUT2D eigenvalue weighted by atomic mass is 9.92. The molecular formula is C21H22BrN3O4. The number of halogens is 1. The van der Waals surface area contributed by atoms with Crippen LogP contribution in [0.1, 0.15) is 41.6 Å². The molecule has 3 rings (SSSR count). The summed E-state index contributed by atoms with van der Waals surface area (Å²) in [4.78, 5) is 22.7. The number of ether oxygens (including phenoxy) is 1. The highest BCUT2D eigenvalue weighted by Gasteiger charge is 2.27. The van der Waals surface area contributed by atoms with Crippen molar-refractivity contribution in [2.24, 2.45) is 5.10 Å². The average Bonchev–Trinajstić information content (AvgIpc) is 2.73. The number of hydrogen-bond donors (Lipinski definition) is 0. The zero-order chi connectivity index (χ0) is 20.8. The number of nitro benzene ring substituents is 1. The number of rotatable bonds is 6. The molecule has 0 heterocycles. The second-order valence-electron chi connectivity index (χ2n) is 7.02. The summed E-state index contributed by atoms with van der Waals surface area (Å²) in [5.41, 5.74) is 1.38. The van der Waals surface area contributed by atoms with Crippen molar-refractivity contribution < 1.29 is 14.5 Å². The Morgan fingerprint density at radius 1 is 1.21 bits per heavy atom. The SMILES string of the molecule is CN(/N=C/c1ccc([N+](=O)[O-])cc1)[C@H]1CCC[C@@H](OC(=O)c2ccc(Br)cc2)C1. The summed E-state index contributed by atoms with van der Waals surface area (Å²) >= 11 is 3.36. The molecule has 1 fully saturated rings. The summed E-state index contributed by atoms with van der Waals surface area (Å²) in [7, 11) is 1.89. The highest BCUT2D eigenvalue weighted by atomic mass is 79.9. The van der Waals surface area contributed by atoms with Crippen molar-refractivity contribution in [3.63, 3.8) is 0 Å². The maximum atomic E-state index is 12.4. The zero-order valence-electron chi connectivity index (χ0n) is 16.0. The molecule has 2 aromatic rings. The molecule has 0 radical (unpaired) electrons. The van der Waals surface area contributed by atoms with E-state index < -0.39 is 4.92 Å². The molecule has 0 unspecified atom stereocenters. The van der Waals surface area contributed by atoms with E-state index in [-0.39, 0.29) is 23.8 Å². The topological polar surface area (TPSA) is 85.0 Å². The Morgan fingerprint density at radius 3 is 2.55 bits per heavy atom. The molecular weight excluding hydrogens is 438 g/mol. The molecule has 0 bridgehead atoms. The molecule has 0 aromatic heterocycles. The van der Waals surface area contributed by atoms with Crippen LogP contribution in [0.4, 0.5) is 5.69 Å². The van der Waals surface area contributed by atoms with Gasteiger partial charge in [-0.2, -0.15) is 5.10 Å². The number of carbonyl (C=O) groups excluding carboxylic acids is 1. The van der Waals surface area contributed by atoms with Crippen LogP contribution in [-0.2, 0) is 4.74 Å². The van der Waals surface area contributed by atoms with Crippen LogP contribution in [0.5, 0.6) is 0 Å². The van der Waals surface area contributed by atoms with E-state index in [0.29, 0.717) is 5.56 Å². The molecule has 2 aromatic carbocycles. The third-order valence-electron chi connectivity index (χ3n) is 4.97. The summed E-state index contributed by atoms with van der Waals surface area (Å²) < 4.78 is 6.62. The highest BCUT2D eigenvalue weighted by Crippen LogP contribution is 2.26. The first kappa shape index (κ1) is 21.0. The average molecular weight is 460 g/mol. The van der Waals surface area contributed by atoms with Crippen LogP contribution in [-0.4, -0.2) is 41.3 Å². The van der Waals surface area contributed by atoms with Gasteiger partial charge >= 0.3 is 5.97 Å². The predicted molar refractivity (Wildman–Crippen MR) is 114 cm³/mol. The van der Waals surface area contributed by atoms with Crippen LogP contribution in [0, 0.1) is 10.1 Å². The van der Waals surface area contributed by atoms with Crippen molar-refractivity contribution in [3.05, 3.63) is 74.2 Å². The van der Waals surface area contributed by atoms with E-state index in [1.54, 1.807) is 30.5 Å². The molecule has 0 N–H and O–H groups in total. The Labute approximate surface area is 177 Å². The standard InChI is InChI=1S/C21H22BrN3O4/c1-24(23-14-15-5-11-18(12-6-15)25(27)28)19-3-2-4-20(13-19)29-21(26)16-7-9-17(22)10-8-16/h5-12,14,19-20H,2-4,13H2,1H3/b23-14+/t19-,20+/m0/s1. The lowest BCUT2D eigenvalue weighted by Crippen LogP contribution is -2.36. The van der Waals surface area contributed by atoms with Crippen LogP contribution < -0.4 is 0 Å². The minimum absolute atomic E-state index is 0.0539. The molecule has 1 aliphatic rings. The van der Waals surface area contributed by atoms with E-state index in [2.05, 4.69) is 21.0 Å². The quantitative estimate of drug-likeness (QED) is 0.268. The van der Waals surface area contributed by atoms with Crippen LogP contribution in [0.15, 0.2) is 58.1 Å². The Morgan fingerprint density at radius 2 is 1.90 bits per heavy atom. The fraction of sp³-hybridized carbons (Fsp3) is 0.333. The van der Waals surface area contributed by atoms with Crippen molar-refractivity contribution in [2.75, 3.05) is 7.05 Å². The maximum absolute atomic E-state index is 12.4. The number of non-ortho nitro benzene ring substituents is 1. The third-order valence-corrected chi connectivity index (χ3v) is 5.50. The zero-order valence-corrected chi connectivity index (χ0v) is 17.6. The third kappa shape index (κ3) is 5.87. The fourth-order valence-electron chi connectivity index (χ4n) is 3.31. The van der Waals surface area contributed by atoms with Crippen molar-refractivity contribution in [1.82, 2.24) is 5.01 Å². The second kappa shape index (κ2) is 9.65. The largest absolute Gasteiger partial charge is 0.459 e. The first-order valence-corrected chi connectivity index (χ1v) is 10.2. The summed E-state index contributed by atoms with van der Waals surface area (Å²) in [6.07, 6.45) is 5.04. The maximum Gasteiger partial charge on any atom is 0.338 e. The molecule has 1 saturated carbocycles. The summed E-state index contributed by atoms with van der Waals surface area (Å²) in [5, 5.41) is 17.1. The van der Waals surface area contributed by atoms with Crippen molar-refractivity contribution in [2.45, 2.75) is 37.8 Å². The highest BCUT2D eigenvalue weighted by molar-refractivity contribution is 9.10. The van der Waals surface area contributed by atoms with Gasteiger partial charge in [0.1, 0.15) is 6.10 Å². The fourth-order valence-corrected chi connectivity index (χ4v) is 3.57. The normalized spacial score (nSPS) is 19.1. The van der Waals surface area contributed by atoms with Gasteiger partial charge in [0.25, 0.3) is 5.69 Å². The van der Waals surface area contributed by atoms with E-state index in [1.807, 2.05) is 24.2 Å². The number of carbonyl (C=O) groups is 1. The van der Waals surface area contributed by atoms with E-state index in [0.717, 1.165) is 35.7 Å². The first-order chi connectivity index (χ1) is 13.9. The summed E-state index contributed by atoms with van der Waals surface area (Å²) in [6, 6.07) is 13.5. The van der Waals surface area contributed by atoms with Gasteiger partial charge in [-0.1, -0.05) is 15.9 Å². The van der Waals surface area contributed by atoms with Gasteiger partial charge in [0.15, 0.2) is 0 Å². The smallest absolute Gasteiger partial charge is 0.338 e. The monoisotopic (exact) mass is 459 g/mol. The molecule has 152 valence electrons. The minimum atomic E-state index is -0.426. The van der Waals surface area contributed by atoms with Gasteiger partial charge in [-0.25, -0.2) is 4.79 Å². The van der Waals surface area contributed by atoms with Crippen molar-refractivity contribution in [1.29, 1.82) is 0 Å². The number of esters is 1. The summed E-state index contributed by atoms with van der Waals surface area (Å²) in [5.74, 6) is -0.305. The van der Waals surface area contributed by atoms with Crippen molar-refractivity contribution in [3.8, 4) is 0 Å². The van der Waals surface area contributed by atoms with Gasteiger partial charge in [-0.3, -0.25) is 15.1 Å². The van der Waals surface area contributed by atoms with Crippen LogP contribution >= 0.6 is 15.9 Å². The molecule has 0 spiro atoms. The van der Waals surface area contributed by atoms with Gasteiger partial charge in [0.05, 0.1) is 22.7 Å². The number of nitrogens with zero attached hydrogens (tertiary/aromatic N) is 3. The van der Waals surface area contributed by atoms with Gasteiger partial charge in [0.2, 0.25) is 0 Å². The molecule has 29 heavy (non-hydrogen) atoms. The van der Waals surface area contributed by atoms with E-state index in [4.69, 9.17) is 4.74 Å². The van der Waals surface area contributed by atoms with Crippen molar-refractivity contribution >= 4 is 33.8 Å². The van der Waals surface area contributed by atoms with E-state index in [1.165, 1.54) is 12.1 Å². The van der Waals surface area contributed by atoms with Gasteiger partial charge < -0.3 is 4.74 Å². The number of nitro groups is 1. The molecule has 7 nitrogen and oxygen atoms in total. The lowest BCUT2D eigenvalue weighted by molar-refractivity contribution is -0.384. The Kier molecular flexibility index (Phi) is 6.98. The predicted octanol–water partition coefficient (Wildman–Crippen LogP) is 4.79. The lowest BCUT2D eigenvalue weighted by Gasteiger charge is -2.33. The molecule has 0 amide bonds. The van der Waals surface area contributed by atoms with E-state index >= 15 is 0 Å². The number of benzene rings is 2. The molecule has 0 aliphatic heterocycles. The number of hydrazone groups is 1. The summed E-state index contributed by atoms with van der Waals surface area (Å²) in [6.45, 7) is 0. The molecule has 0 saturated heterocycles. The first-order valence-electron chi connectivity index (χ1n) is 9.40. The van der Waals surface area contributed by atoms with Crippen LogP contribution in [0.2, 0.25) is 0 Å². The molecule has 1 aliphatic carbocycles. The minimum Gasteiger partial charge on any atom is -0.459 e. The number of hydrogen-bond acceptors (Lipinski definition) is 6. The Hall–Kier alpha value is -2.74. The Balaban J connectivity index is 1.55. The van der Waals surface area contributed by atoms with Gasteiger partial charge in [0, 0.05) is 30.1 Å². The molecule has 8 heteroatoms. The van der Waals surface area contributed by atoms with Gasteiger partial charge in [-0.05, 0) is 61.2 Å². The second-order valence-corrected chi connectivity index (χ2v) is 7.94. The van der Waals surface area contributed by atoms with Gasteiger partial charge in [-0.15, -0.1) is 0 Å². The Bertz CT molecular complexity index is 884.